The van der Waals surface area contributed by atoms with Gasteiger partial charge in [0.05, 0.1) is 0 Å². The van der Waals surface area contributed by atoms with Gasteiger partial charge < -0.3 is 0 Å². The predicted molar refractivity (Wildman–Crippen MR) is 91.1 cm³/mol. The van der Waals surface area contributed by atoms with E-state index in [9.17, 15) is 0 Å². The van der Waals surface area contributed by atoms with Crippen molar-refractivity contribution in [2.75, 3.05) is 0 Å². The van der Waals surface area contributed by atoms with Gasteiger partial charge in [-0.15, -0.1) is 0 Å². The van der Waals surface area contributed by atoms with Crippen LogP contribution in [0.1, 0.15) is 18.1 Å². The fourth-order valence-corrected chi connectivity index (χ4v) is 2.59. The van der Waals surface area contributed by atoms with Crippen molar-refractivity contribution in [3.63, 3.8) is 0 Å². The third-order valence-electron chi connectivity index (χ3n) is 3.68. The Morgan fingerprint density at radius 3 is 1.62 bits per heavy atom. The fourth-order valence-electron chi connectivity index (χ4n) is 2.59. The second-order valence-electron chi connectivity index (χ2n) is 5.01. The van der Waals surface area contributed by atoms with Gasteiger partial charge in [-0.25, -0.2) is 0 Å². The molecule has 0 fully saturated rings. The Kier molecular flexibility index (Phi) is 3.97. The maximum Gasteiger partial charge on any atom is -0.0154 e. The molecule has 0 heteroatoms. The Labute approximate surface area is 126 Å². The first kappa shape index (κ1) is 13.4. The van der Waals surface area contributed by atoms with Crippen LogP contribution in [0.25, 0.3) is 16.7 Å². The summed E-state index contributed by atoms with van der Waals surface area (Å²) < 4.78 is 0. The molecule has 3 aromatic carbocycles. The van der Waals surface area contributed by atoms with Crippen LogP contribution in [0, 0.1) is 0 Å². The number of hydrogen-bond donors (Lipinski definition) is 0. The summed E-state index contributed by atoms with van der Waals surface area (Å²) in [5, 5.41) is 0. The SMILES string of the molecule is C/C=C(/c1ccccc1)c1ccc(-c2ccccc2)cc1. The van der Waals surface area contributed by atoms with E-state index in [1.54, 1.807) is 0 Å². The average Bonchev–Trinajstić information content (AvgIpc) is 2.58. The molecule has 0 radical (unpaired) electrons. The third-order valence-corrected chi connectivity index (χ3v) is 3.68. The molecule has 0 bridgehead atoms. The predicted octanol–water partition coefficient (Wildman–Crippen LogP) is 5.81. The van der Waals surface area contributed by atoms with E-state index in [1.165, 1.54) is 27.8 Å². The van der Waals surface area contributed by atoms with E-state index in [2.05, 4.69) is 91.9 Å². The monoisotopic (exact) mass is 270 g/mol. The molecule has 0 saturated carbocycles. The van der Waals surface area contributed by atoms with E-state index in [0.29, 0.717) is 0 Å². The first-order valence-electron chi connectivity index (χ1n) is 7.26. The highest BCUT2D eigenvalue weighted by Crippen LogP contribution is 2.26. The summed E-state index contributed by atoms with van der Waals surface area (Å²) in [5.74, 6) is 0. The molecule has 21 heavy (non-hydrogen) atoms. The van der Waals surface area contributed by atoms with E-state index in [-0.39, 0.29) is 0 Å². The lowest BCUT2D eigenvalue weighted by Gasteiger charge is -2.09. The molecule has 102 valence electrons. The van der Waals surface area contributed by atoms with Crippen molar-refractivity contribution in [3.8, 4) is 11.1 Å². The second-order valence-corrected chi connectivity index (χ2v) is 5.01. The second kappa shape index (κ2) is 6.23. The van der Waals surface area contributed by atoms with Gasteiger partial charge in [-0.05, 0) is 34.8 Å². The van der Waals surface area contributed by atoms with Crippen LogP contribution in [-0.2, 0) is 0 Å². The van der Waals surface area contributed by atoms with Gasteiger partial charge in [-0.3, -0.25) is 0 Å². The van der Waals surface area contributed by atoms with Crippen molar-refractivity contribution in [2.45, 2.75) is 6.92 Å². The van der Waals surface area contributed by atoms with Crippen LogP contribution >= 0.6 is 0 Å². The summed E-state index contributed by atoms with van der Waals surface area (Å²) in [5.41, 5.74) is 6.29. The van der Waals surface area contributed by atoms with Gasteiger partial charge in [0.15, 0.2) is 0 Å². The molecule has 0 nitrogen and oxygen atoms in total. The lowest BCUT2D eigenvalue weighted by atomic mass is 9.95. The summed E-state index contributed by atoms with van der Waals surface area (Å²) in [6.07, 6.45) is 2.17. The zero-order valence-electron chi connectivity index (χ0n) is 12.2. The zero-order valence-corrected chi connectivity index (χ0v) is 12.2. The Bertz CT molecular complexity index is 720. The molecular weight excluding hydrogens is 252 g/mol. The molecule has 0 aliphatic carbocycles. The highest BCUT2D eigenvalue weighted by atomic mass is 14.1. The summed E-state index contributed by atoms with van der Waals surface area (Å²) >= 11 is 0. The molecule has 0 aliphatic heterocycles. The van der Waals surface area contributed by atoms with E-state index < -0.39 is 0 Å². The maximum atomic E-state index is 2.20. The molecule has 0 aliphatic rings. The van der Waals surface area contributed by atoms with Crippen LogP contribution in [0.2, 0.25) is 0 Å². The molecule has 3 aromatic rings. The van der Waals surface area contributed by atoms with E-state index >= 15 is 0 Å². The minimum Gasteiger partial charge on any atom is -0.0792 e. The Morgan fingerprint density at radius 2 is 1.05 bits per heavy atom. The molecule has 3 rings (SSSR count). The number of benzene rings is 3. The molecule has 0 saturated heterocycles. The lowest BCUT2D eigenvalue weighted by molar-refractivity contribution is 1.52. The molecule has 0 atom stereocenters. The molecule has 0 amide bonds. The minimum atomic E-state index is 1.25. The van der Waals surface area contributed by atoms with Crippen molar-refractivity contribution in [2.24, 2.45) is 0 Å². The van der Waals surface area contributed by atoms with Gasteiger partial charge in [0.2, 0.25) is 0 Å². The van der Waals surface area contributed by atoms with Crippen LogP contribution in [0.3, 0.4) is 0 Å². The Morgan fingerprint density at radius 1 is 0.571 bits per heavy atom. The highest BCUT2D eigenvalue weighted by Gasteiger charge is 2.04. The third kappa shape index (κ3) is 2.95. The van der Waals surface area contributed by atoms with Crippen molar-refractivity contribution in [1.82, 2.24) is 0 Å². The van der Waals surface area contributed by atoms with Crippen LogP contribution in [0.15, 0.2) is 91.0 Å². The standard InChI is InChI=1S/C21H18/c1-2-21(19-11-7-4-8-12-19)20-15-13-18(14-16-20)17-9-5-3-6-10-17/h2-16H,1H3/b21-2-. The normalized spacial score (nSPS) is 11.4. The van der Waals surface area contributed by atoms with Gasteiger partial charge in [-0.2, -0.15) is 0 Å². The Balaban J connectivity index is 1.94. The first-order chi connectivity index (χ1) is 10.4. The number of rotatable bonds is 3. The molecular formula is C21H18. The molecule has 0 N–H and O–H groups in total. The van der Waals surface area contributed by atoms with Crippen LogP contribution in [-0.4, -0.2) is 0 Å². The van der Waals surface area contributed by atoms with Crippen molar-refractivity contribution in [1.29, 1.82) is 0 Å². The summed E-state index contributed by atoms with van der Waals surface area (Å²) in [6, 6.07) is 29.8. The largest absolute Gasteiger partial charge is 0.0792 e. The van der Waals surface area contributed by atoms with Crippen molar-refractivity contribution < 1.29 is 0 Å². The smallest absolute Gasteiger partial charge is 0.0154 e. The fraction of sp³-hybridized carbons (Fsp3) is 0.0476. The number of allylic oxidation sites excluding steroid dienone is 1. The van der Waals surface area contributed by atoms with E-state index in [0.717, 1.165) is 0 Å². The summed E-state index contributed by atoms with van der Waals surface area (Å²) in [4.78, 5) is 0. The minimum absolute atomic E-state index is 1.25. The van der Waals surface area contributed by atoms with Gasteiger partial charge in [-0.1, -0.05) is 91.0 Å². The van der Waals surface area contributed by atoms with Gasteiger partial charge in [0.1, 0.15) is 0 Å². The summed E-state index contributed by atoms with van der Waals surface area (Å²) in [6.45, 7) is 2.09. The quantitative estimate of drug-likeness (QED) is 0.563. The van der Waals surface area contributed by atoms with Crippen molar-refractivity contribution in [3.05, 3.63) is 102 Å². The van der Waals surface area contributed by atoms with E-state index in [1.807, 2.05) is 6.07 Å². The maximum absolute atomic E-state index is 2.20. The summed E-state index contributed by atoms with van der Waals surface area (Å²) in [7, 11) is 0. The topological polar surface area (TPSA) is 0 Å². The number of hydrogen-bond acceptors (Lipinski definition) is 0. The van der Waals surface area contributed by atoms with Crippen LogP contribution in [0.5, 0.6) is 0 Å². The molecule has 0 aromatic heterocycles. The molecule has 0 unspecified atom stereocenters. The van der Waals surface area contributed by atoms with Crippen LogP contribution in [0.4, 0.5) is 0 Å². The lowest BCUT2D eigenvalue weighted by Crippen LogP contribution is -1.87. The Hall–Kier alpha value is -2.60. The molecule has 0 heterocycles. The van der Waals surface area contributed by atoms with Crippen LogP contribution < -0.4 is 0 Å². The zero-order chi connectivity index (χ0) is 14.5. The van der Waals surface area contributed by atoms with Crippen molar-refractivity contribution >= 4 is 5.57 Å². The molecule has 0 spiro atoms. The van der Waals surface area contributed by atoms with Gasteiger partial charge in [0.25, 0.3) is 0 Å². The highest BCUT2D eigenvalue weighted by molar-refractivity contribution is 5.80. The van der Waals surface area contributed by atoms with E-state index in [4.69, 9.17) is 0 Å². The first-order valence-corrected chi connectivity index (χ1v) is 7.26. The van der Waals surface area contributed by atoms with Gasteiger partial charge in [0, 0.05) is 0 Å². The average molecular weight is 270 g/mol. The van der Waals surface area contributed by atoms with Gasteiger partial charge >= 0.3 is 0 Å².